The van der Waals surface area contributed by atoms with Crippen LogP contribution in [0.3, 0.4) is 0 Å². The highest BCUT2D eigenvalue weighted by Crippen LogP contribution is 2.26. The molecule has 90 valence electrons. The van der Waals surface area contributed by atoms with Gasteiger partial charge in [-0.2, -0.15) is 0 Å². The molecule has 1 rings (SSSR count). The molecule has 1 atom stereocenters. The van der Waals surface area contributed by atoms with Crippen molar-refractivity contribution in [1.29, 1.82) is 0 Å². The highest BCUT2D eigenvalue weighted by atomic mass is 19.1. The quantitative estimate of drug-likeness (QED) is 0.829. The predicted molar refractivity (Wildman–Crippen MR) is 58.8 cm³/mol. The van der Waals surface area contributed by atoms with Gasteiger partial charge in [0.2, 0.25) is 0 Å². The lowest BCUT2D eigenvalue weighted by atomic mass is 10.1. The number of benzene rings is 1. The summed E-state index contributed by atoms with van der Waals surface area (Å²) in [4.78, 5) is 0. The van der Waals surface area contributed by atoms with E-state index in [2.05, 4.69) is 0 Å². The molecule has 3 nitrogen and oxygen atoms in total. The van der Waals surface area contributed by atoms with Gasteiger partial charge in [0, 0.05) is 11.6 Å². The minimum atomic E-state index is -0.998. The van der Waals surface area contributed by atoms with Crippen molar-refractivity contribution in [3.05, 3.63) is 29.6 Å². The smallest absolute Gasteiger partial charge is 0.128 e. The Hall–Kier alpha value is -1.13. The van der Waals surface area contributed by atoms with Crippen LogP contribution in [0.1, 0.15) is 32.4 Å². The first-order valence-electron chi connectivity index (χ1n) is 5.12. The van der Waals surface area contributed by atoms with Crippen molar-refractivity contribution in [3.63, 3.8) is 0 Å². The molecule has 0 heterocycles. The fraction of sp³-hybridized carbons (Fsp3) is 0.500. The fourth-order valence-corrected chi connectivity index (χ4v) is 1.23. The van der Waals surface area contributed by atoms with E-state index in [1.54, 1.807) is 20.8 Å². The Morgan fingerprint density at radius 2 is 2.06 bits per heavy atom. The van der Waals surface area contributed by atoms with Crippen LogP contribution < -0.4 is 4.74 Å². The van der Waals surface area contributed by atoms with Crippen molar-refractivity contribution in [2.24, 2.45) is 0 Å². The van der Waals surface area contributed by atoms with Gasteiger partial charge >= 0.3 is 0 Å². The number of hydrogen-bond acceptors (Lipinski definition) is 3. The van der Waals surface area contributed by atoms with Crippen LogP contribution in [-0.2, 0) is 0 Å². The third kappa shape index (κ3) is 3.79. The molecule has 0 unspecified atom stereocenters. The summed E-state index contributed by atoms with van der Waals surface area (Å²) in [5.41, 5.74) is -0.493. The summed E-state index contributed by atoms with van der Waals surface area (Å²) >= 11 is 0. The lowest BCUT2D eigenvalue weighted by Gasteiger charge is -2.20. The Morgan fingerprint density at radius 1 is 1.44 bits per heavy atom. The summed E-state index contributed by atoms with van der Waals surface area (Å²) in [5, 5.41) is 19.0. The second-order valence-corrected chi connectivity index (χ2v) is 4.46. The highest BCUT2D eigenvalue weighted by Gasteiger charge is 2.16. The zero-order valence-corrected chi connectivity index (χ0v) is 9.70. The van der Waals surface area contributed by atoms with Gasteiger partial charge in [-0.15, -0.1) is 0 Å². The number of rotatable bonds is 4. The molecule has 0 aliphatic carbocycles. The highest BCUT2D eigenvalue weighted by molar-refractivity contribution is 5.35. The van der Waals surface area contributed by atoms with Crippen molar-refractivity contribution in [2.45, 2.75) is 32.5 Å². The van der Waals surface area contributed by atoms with E-state index in [0.717, 1.165) is 0 Å². The number of ether oxygens (including phenoxy) is 1. The molecule has 0 saturated carbocycles. The summed E-state index contributed by atoms with van der Waals surface area (Å²) in [6.45, 7) is 4.79. The maximum atomic E-state index is 13.0. The van der Waals surface area contributed by atoms with Crippen LogP contribution in [0.2, 0.25) is 0 Å². The number of hydrogen-bond donors (Lipinski definition) is 2. The summed E-state index contributed by atoms with van der Waals surface area (Å²) in [6, 6.07) is 3.94. The largest absolute Gasteiger partial charge is 0.490 e. The standard InChI is InChI=1S/C12H17FO3/c1-8(14)10-5-4-9(13)6-11(10)16-7-12(2,3)15/h4-6,8,14-15H,7H2,1-3H3/t8-/m0/s1. The number of aliphatic hydroxyl groups excluding tert-OH is 1. The Labute approximate surface area is 94.5 Å². The van der Waals surface area contributed by atoms with E-state index in [9.17, 15) is 14.6 Å². The molecule has 0 spiro atoms. The first-order chi connectivity index (χ1) is 7.29. The van der Waals surface area contributed by atoms with Crippen LogP contribution in [0.4, 0.5) is 4.39 Å². The van der Waals surface area contributed by atoms with Crippen molar-refractivity contribution in [3.8, 4) is 5.75 Å². The normalized spacial score (nSPS) is 13.6. The van der Waals surface area contributed by atoms with E-state index in [0.29, 0.717) is 5.56 Å². The van der Waals surface area contributed by atoms with Crippen molar-refractivity contribution in [2.75, 3.05) is 6.61 Å². The second kappa shape index (κ2) is 4.80. The zero-order chi connectivity index (χ0) is 12.3. The third-order valence-corrected chi connectivity index (χ3v) is 2.01. The van der Waals surface area contributed by atoms with Crippen molar-refractivity contribution >= 4 is 0 Å². The van der Waals surface area contributed by atoms with Crippen LogP contribution >= 0.6 is 0 Å². The van der Waals surface area contributed by atoms with Crippen LogP contribution in [-0.4, -0.2) is 22.4 Å². The molecule has 1 aromatic carbocycles. The minimum absolute atomic E-state index is 0.0379. The molecule has 0 fully saturated rings. The van der Waals surface area contributed by atoms with Crippen LogP contribution in [0.25, 0.3) is 0 Å². The molecule has 0 saturated heterocycles. The third-order valence-electron chi connectivity index (χ3n) is 2.01. The van der Waals surface area contributed by atoms with Gasteiger partial charge in [-0.05, 0) is 32.9 Å². The fourth-order valence-electron chi connectivity index (χ4n) is 1.23. The molecule has 0 bridgehead atoms. The Kier molecular flexibility index (Phi) is 3.88. The van der Waals surface area contributed by atoms with Gasteiger partial charge in [-0.1, -0.05) is 0 Å². The first kappa shape index (κ1) is 12.9. The van der Waals surface area contributed by atoms with Gasteiger partial charge < -0.3 is 14.9 Å². The minimum Gasteiger partial charge on any atom is -0.490 e. The summed E-state index contributed by atoms with van der Waals surface area (Å²) in [5.74, 6) is -0.174. The van der Waals surface area contributed by atoms with Crippen LogP contribution in [0.15, 0.2) is 18.2 Å². The van der Waals surface area contributed by atoms with Crippen LogP contribution in [0, 0.1) is 5.82 Å². The zero-order valence-electron chi connectivity index (χ0n) is 9.70. The van der Waals surface area contributed by atoms with Gasteiger partial charge in [0.15, 0.2) is 0 Å². The lowest BCUT2D eigenvalue weighted by Crippen LogP contribution is -2.28. The molecule has 0 radical (unpaired) electrons. The van der Waals surface area contributed by atoms with E-state index < -0.39 is 17.5 Å². The topological polar surface area (TPSA) is 49.7 Å². The molecule has 16 heavy (non-hydrogen) atoms. The summed E-state index contributed by atoms with van der Waals surface area (Å²) in [6.07, 6.45) is -0.739. The Bertz CT molecular complexity index is 356. The van der Waals surface area contributed by atoms with Crippen molar-refractivity contribution in [1.82, 2.24) is 0 Å². The molecule has 0 amide bonds. The molecule has 0 aliphatic rings. The van der Waals surface area contributed by atoms with Crippen LogP contribution in [0.5, 0.6) is 5.75 Å². The Morgan fingerprint density at radius 3 is 2.56 bits per heavy atom. The van der Waals surface area contributed by atoms with Gasteiger partial charge in [0.05, 0.1) is 11.7 Å². The van der Waals surface area contributed by atoms with E-state index in [1.165, 1.54) is 18.2 Å². The molecular formula is C12H17FO3. The van der Waals surface area contributed by atoms with Crippen molar-refractivity contribution < 1.29 is 19.3 Å². The molecular weight excluding hydrogens is 211 g/mol. The molecule has 2 N–H and O–H groups in total. The second-order valence-electron chi connectivity index (χ2n) is 4.46. The lowest BCUT2D eigenvalue weighted by molar-refractivity contribution is 0.0271. The maximum absolute atomic E-state index is 13.0. The molecule has 0 aromatic heterocycles. The maximum Gasteiger partial charge on any atom is 0.128 e. The monoisotopic (exact) mass is 228 g/mol. The molecule has 4 heteroatoms. The average Bonchev–Trinajstić information content (AvgIpc) is 2.13. The first-order valence-corrected chi connectivity index (χ1v) is 5.12. The van der Waals surface area contributed by atoms with Gasteiger partial charge in [-0.3, -0.25) is 0 Å². The average molecular weight is 228 g/mol. The van der Waals surface area contributed by atoms with Gasteiger partial charge in [0.1, 0.15) is 18.2 Å². The molecule has 0 aliphatic heterocycles. The van der Waals surface area contributed by atoms with Gasteiger partial charge in [-0.25, -0.2) is 4.39 Å². The Balaban J connectivity index is 2.88. The van der Waals surface area contributed by atoms with E-state index in [-0.39, 0.29) is 12.4 Å². The van der Waals surface area contributed by atoms with E-state index >= 15 is 0 Å². The van der Waals surface area contributed by atoms with Gasteiger partial charge in [0.25, 0.3) is 0 Å². The molecule has 1 aromatic rings. The van der Waals surface area contributed by atoms with E-state index in [4.69, 9.17) is 4.74 Å². The summed E-state index contributed by atoms with van der Waals surface area (Å²) in [7, 11) is 0. The predicted octanol–water partition coefficient (Wildman–Crippen LogP) is 2.03. The summed E-state index contributed by atoms with van der Waals surface area (Å²) < 4.78 is 18.3. The number of aliphatic hydroxyl groups is 2. The number of halogens is 1. The van der Waals surface area contributed by atoms with E-state index in [1.807, 2.05) is 0 Å². The SMILES string of the molecule is C[C@H](O)c1ccc(F)cc1OCC(C)(C)O.